The molecule has 6 heteroatoms. The molecule has 2 rings (SSSR count). The fraction of sp³-hybridized carbons (Fsp3) is 0.214. The highest BCUT2D eigenvalue weighted by Crippen LogP contribution is 2.12. The molecule has 2 aromatic rings. The number of esters is 1. The zero-order valence-corrected chi connectivity index (χ0v) is 12.0. The predicted octanol–water partition coefficient (Wildman–Crippen LogP) is 2.56. The Hall–Kier alpha value is -2.21. The van der Waals surface area contributed by atoms with Crippen molar-refractivity contribution in [1.29, 1.82) is 0 Å². The first kappa shape index (κ1) is 14.2. The van der Waals surface area contributed by atoms with Crippen molar-refractivity contribution in [3.05, 3.63) is 46.5 Å². The number of thiazole rings is 1. The van der Waals surface area contributed by atoms with Crippen LogP contribution in [0.2, 0.25) is 0 Å². The number of hydrogen-bond acceptors (Lipinski definition) is 5. The number of carbonyl (C=O) groups excluding carboxylic acids is 2. The van der Waals surface area contributed by atoms with Crippen molar-refractivity contribution in [2.75, 3.05) is 11.9 Å². The lowest BCUT2D eigenvalue weighted by atomic mass is 10.1. The minimum atomic E-state index is -0.503. The number of anilines is 1. The summed E-state index contributed by atoms with van der Waals surface area (Å²) >= 11 is 1.30. The SMILES string of the molecule is Cc1ccc(C(=O)OCC(=O)Nc2nccs2)c(C)c1. The number of ether oxygens (including phenoxy) is 1. The highest BCUT2D eigenvalue weighted by atomic mass is 32.1. The number of amides is 1. The van der Waals surface area contributed by atoms with Gasteiger partial charge in [-0.15, -0.1) is 11.3 Å². The lowest BCUT2D eigenvalue weighted by Gasteiger charge is -2.07. The summed E-state index contributed by atoms with van der Waals surface area (Å²) in [7, 11) is 0. The van der Waals surface area contributed by atoms with E-state index < -0.39 is 11.9 Å². The molecule has 0 unspecified atom stereocenters. The quantitative estimate of drug-likeness (QED) is 0.879. The molecule has 1 N–H and O–H groups in total. The van der Waals surface area contributed by atoms with Crippen LogP contribution in [0.4, 0.5) is 5.13 Å². The van der Waals surface area contributed by atoms with E-state index in [9.17, 15) is 9.59 Å². The van der Waals surface area contributed by atoms with Gasteiger partial charge in [0, 0.05) is 11.6 Å². The molecule has 0 aliphatic rings. The molecule has 104 valence electrons. The Balaban J connectivity index is 1.90. The zero-order valence-electron chi connectivity index (χ0n) is 11.2. The Labute approximate surface area is 120 Å². The normalized spacial score (nSPS) is 10.1. The maximum Gasteiger partial charge on any atom is 0.338 e. The third-order valence-corrected chi connectivity index (χ3v) is 3.30. The summed E-state index contributed by atoms with van der Waals surface area (Å²) in [5.74, 6) is -0.908. The summed E-state index contributed by atoms with van der Waals surface area (Å²) in [5, 5.41) is 4.77. The highest BCUT2D eigenvalue weighted by Gasteiger charge is 2.13. The second kappa shape index (κ2) is 6.29. The number of benzene rings is 1. The van der Waals surface area contributed by atoms with Gasteiger partial charge in [0.15, 0.2) is 11.7 Å². The molecule has 0 aliphatic heterocycles. The molecule has 0 saturated heterocycles. The molecule has 1 heterocycles. The van der Waals surface area contributed by atoms with Crippen LogP contribution in [0.25, 0.3) is 0 Å². The minimum Gasteiger partial charge on any atom is -0.452 e. The van der Waals surface area contributed by atoms with Gasteiger partial charge < -0.3 is 4.74 Å². The monoisotopic (exact) mass is 290 g/mol. The molecular formula is C14H14N2O3S. The first-order chi connectivity index (χ1) is 9.56. The molecule has 1 aromatic heterocycles. The van der Waals surface area contributed by atoms with Crippen LogP contribution in [0.3, 0.4) is 0 Å². The van der Waals surface area contributed by atoms with Gasteiger partial charge in [0.05, 0.1) is 5.56 Å². The van der Waals surface area contributed by atoms with Crippen molar-refractivity contribution >= 4 is 28.3 Å². The Morgan fingerprint density at radius 3 is 2.80 bits per heavy atom. The molecular weight excluding hydrogens is 276 g/mol. The average molecular weight is 290 g/mol. The van der Waals surface area contributed by atoms with Crippen molar-refractivity contribution in [2.24, 2.45) is 0 Å². The summed E-state index contributed by atoms with van der Waals surface area (Å²) in [6.07, 6.45) is 1.59. The summed E-state index contributed by atoms with van der Waals surface area (Å²) in [4.78, 5) is 27.3. The Bertz CT molecular complexity index is 623. The van der Waals surface area contributed by atoms with Crippen LogP contribution in [-0.2, 0) is 9.53 Å². The largest absolute Gasteiger partial charge is 0.452 e. The number of rotatable bonds is 4. The van der Waals surface area contributed by atoms with E-state index in [0.717, 1.165) is 11.1 Å². The van der Waals surface area contributed by atoms with Crippen molar-refractivity contribution < 1.29 is 14.3 Å². The van der Waals surface area contributed by atoms with Gasteiger partial charge in [-0.05, 0) is 25.5 Å². The van der Waals surface area contributed by atoms with Gasteiger partial charge in [-0.1, -0.05) is 17.7 Å². The first-order valence-corrected chi connectivity index (χ1v) is 6.88. The van der Waals surface area contributed by atoms with Gasteiger partial charge in [-0.3, -0.25) is 10.1 Å². The van der Waals surface area contributed by atoms with E-state index in [0.29, 0.717) is 10.7 Å². The van der Waals surface area contributed by atoms with E-state index in [1.807, 2.05) is 26.0 Å². The third-order valence-electron chi connectivity index (χ3n) is 2.61. The fourth-order valence-electron chi connectivity index (χ4n) is 1.69. The van der Waals surface area contributed by atoms with Crippen LogP contribution in [0.15, 0.2) is 29.8 Å². The summed E-state index contributed by atoms with van der Waals surface area (Å²) in [6.45, 7) is 3.45. The Morgan fingerprint density at radius 1 is 1.35 bits per heavy atom. The van der Waals surface area contributed by atoms with Gasteiger partial charge in [0.2, 0.25) is 0 Å². The molecule has 0 bridgehead atoms. The summed E-state index contributed by atoms with van der Waals surface area (Å²) in [6, 6.07) is 5.43. The fourth-order valence-corrected chi connectivity index (χ4v) is 2.24. The number of aryl methyl sites for hydroxylation is 2. The maximum absolute atomic E-state index is 11.9. The van der Waals surface area contributed by atoms with Gasteiger partial charge >= 0.3 is 5.97 Å². The number of aromatic nitrogens is 1. The standard InChI is InChI=1S/C14H14N2O3S/c1-9-3-4-11(10(2)7-9)13(18)19-8-12(17)16-14-15-5-6-20-14/h3-7H,8H2,1-2H3,(H,15,16,17). The van der Waals surface area contributed by atoms with Gasteiger partial charge in [0.1, 0.15) is 0 Å². The van der Waals surface area contributed by atoms with E-state index in [2.05, 4.69) is 10.3 Å². The number of carbonyl (C=O) groups is 2. The summed E-state index contributed by atoms with van der Waals surface area (Å²) < 4.78 is 4.99. The van der Waals surface area contributed by atoms with Gasteiger partial charge in [-0.25, -0.2) is 9.78 Å². The number of hydrogen-bond donors (Lipinski definition) is 1. The minimum absolute atomic E-state index is 0.328. The second-order valence-electron chi connectivity index (χ2n) is 4.28. The average Bonchev–Trinajstić information content (AvgIpc) is 2.89. The lowest BCUT2D eigenvalue weighted by Crippen LogP contribution is -2.21. The van der Waals surface area contributed by atoms with E-state index in [4.69, 9.17) is 4.74 Å². The van der Waals surface area contributed by atoms with Crippen molar-refractivity contribution in [3.63, 3.8) is 0 Å². The van der Waals surface area contributed by atoms with Crippen LogP contribution in [-0.4, -0.2) is 23.5 Å². The van der Waals surface area contributed by atoms with E-state index in [-0.39, 0.29) is 6.61 Å². The maximum atomic E-state index is 11.9. The molecule has 0 aliphatic carbocycles. The molecule has 1 amide bonds. The Morgan fingerprint density at radius 2 is 2.15 bits per heavy atom. The molecule has 0 saturated carbocycles. The highest BCUT2D eigenvalue weighted by molar-refractivity contribution is 7.13. The van der Waals surface area contributed by atoms with Crippen LogP contribution in [0, 0.1) is 13.8 Å². The Kier molecular flexibility index (Phi) is 4.47. The lowest BCUT2D eigenvalue weighted by molar-refractivity contribution is -0.119. The van der Waals surface area contributed by atoms with Crippen molar-refractivity contribution in [3.8, 4) is 0 Å². The van der Waals surface area contributed by atoms with Crippen LogP contribution in [0.1, 0.15) is 21.5 Å². The van der Waals surface area contributed by atoms with Gasteiger partial charge in [0.25, 0.3) is 5.91 Å². The van der Waals surface area contributed by atoms with Crippen molar-refractivity contribution in [1.82, 2.24) is 4.98 Å². The van der Waals surface area contributed by atoms with E-state index in [1.54, 1.807) is 17.6 Å². The third kappa shape index (κ3) is 3.64. The van der Waals surface area contributed by atoms with Gasteiger partial charge in [-0.2, -0.15) is 0 Å². The van der Waals surface area contributed by atoms with Crippen LogP contribution >= 0.6 is 11.3 Å². The van der Waals surface area contributed by atoms with Crippen LogP contribution < -0.4 is 5.32 Å². The molecule has 20 heavy (non-hydrogen) atoms. The van der Waals surface area contributed by atoms with Crippen LogP contribution in [0.5, 0.6) is 0 Å². The summed E-state index contributed by atoms with van der Waals surface area (Å²) in [5.41, 5.74) is 2.37. The molecule has 0 spiro atoms. The zero-order chi connectivity index (χ0) is 14.5. The molecule has 5 nitrogen and oxygen atoms in total. The number of nitrogens with zero attached hydrogens (tertiary/aromatic N) is 1. The van der Waals surface area contributed by atoms with Crippen molar-refractivity contribution in [2.45, 2.75) is 13.8 Å². The predicted molar refractivity (Wildman–Crippen MR) is 76.9 cm³/mol. The smallest absolute Gasteiger partial charge is 0.338 e. The first-order valence-electron chi connectivity index (χ1n) is 6.00. The van der Waals surface area contributed by atoms with E-state index >= 15 is 0 Å². The second-order valence-corrected chi connectivity index (χ2v) is 5.17. The number of nitrogens with one attached hydrogen (secondary N) is 1. The molecule has 0 atom stereocenters. The van der Waals surface area contributed by atoms with E-state index in [1.165, 1.54) is 11.3 Å². The molecule has 1 aromatic carbocycles. The molecule has 0 radical (unpaired) electrons. The molecule has 0 fully saturated rings. The topological polar surface area (TPSA) is 68.3 Å².